The van der Waals surface area contributed by atoms with Crippen LogP contribution in [0, 0.1) is 11.6 Å². The highest BCUT2D eigenvalue weighted by atomic mass is 19.1. The highest BCUT2D eigenvalue weighted by Gasteiger charge is 2.47. The minimum Gasteiger partial charge on any atom is -0.360 e. The van der Waals surface area contributed by atoms with Crippen molar-refractivity contribution in [2.45, 2.75) is 43.4 Å². The monoisotopic (exact) mass is 353 g/mol. The van der Waals surface area contributed by atoms with Crippen LogP contribution in [0.1, 0.15) is 55.0 Å². The van der Waals surface area contributed by atoms with Crippen LogP contribution in [-0.4, -0.2) is 15.4 Å². The van der Waals surface area contributed by atoms with E-state index in [1.165, 1.54) is 18.2 Å². The lowest BCUT2D eigenvalue weighted by atomic mass is 9.69. The predicted molar refractivity (Wildman–Crippen MR) is 90.5 cm³/mol. The minimum atomic E-state index is -0.622. The molecule has 0 amide bonds. The number of aromatic nitrogens is 3. The maximum absolute atomic E-state index is 14.2. The summed E-state index contributed by atoms with van der Waals surface area (Å²) >= 11 is 0. The first-order valence-corrected chi connectivity index (χ1v) is 8.93. The Labute approximate surface area is 149 Å². The van der Waals surface area contributed by atoms with Gasteiger partial charge in [-0.05, 0) is 55.4 Å². The summed E-state index contributed by atoms with van der Waals surface area (Å²) in [6.45, 7) is 0. The smallest absolute Gasteiger partial charge is 0.148 e. The summed E-state index contributed by atoms with van der Waals surface area (Å²) in [4.78, 5) is 0. The van der Waals surface area contributed by atoms with Crippen LogP contribution in [0.25, 0.3) is 11.3 Å². The van der Waals surface area contributed by atoms with E-state index in [4.69, 9.17) is 4.52 Å². The van der Waals surface area contributed by atoms with Gasteiger partial charge in [-0.2, -0.15) is 5.10 Å². The quantitative estimate of drug-likeness (QED) is 0.667. The van der Waals surface area contributed by atoms with Gasteiger partial charge < -0.3 is 4.52 Å². The van der Waals surface area contributed by atoms with E-state index >= 15 is 0 Å². The maximum atomic E-state index is 14.2. The molecule has 1 saturated carbocycles. The summed E-state index contributed by atoms with van der Waals surface area (Å²) in [5, 5.41) is 12.6. The van der Waals surface area contributed by atoms with E-state index in [-0.39, 0.29) is 16.7 Å². The van der Waals surface area contributed by atoms with Gasteiger partial charge >= 0.3 is 0 Å². The first-order valence-electron chi connectivity index (χ1n) is 8.93. The molecule has 0 radical (unpaired) electrons. The molecule has 3 aliphatic rings. The number of rotatable bonds is 2. The Morgan fingerprint density at radius 1 is 1.04 bits per heavy atom. The predicted octanol–water partition coefficient (Wildman–Crippen LogP) is 4.76. The van der Waals surface area contributed by atoms with Crippen LogP contribution >= 0.6 is 0 Å². The van der Waals surface area contributed by atoms with Crippen molar-refractivity contribution in [1.82, 2.24) is 15.4 Å². The van der Waals surface area contributed by atoms with E-state index in [2.05, 4.69) is 15.4 Å². The Bertz CT molecular complexity index is 949. The van der Waals surface area contributed by atoms with Crippen molar-refractivity contribution in [1.29, 1.82) is 0 Å². The number of fused-ring (bicyclic) bond motifs is 3. The number of nitrogens with zero attached hydrogens (tertiary/aromatic N) is 3. The third kappa shape index (κ3) is 2.14. The summed E-state index contributed by atoms with van der Waals surface area (Å²) < 4.78 is 33.9. The van der Waals surface area contributed by atoms with Crippen LogP contribution < -0.4 is 0 Å². The molecule has 0 saturated heterocycles. The third-order valence-corrected chi connectivity index (χ3v) is 5.92. The van der Waals surface area contributed by atoms with Crippen molar-refractivity contribution in [2.24, 2.45) is 0 Å². The third-order valence-electron chi connectivity index (χ3n) is 5.92. The molecule has 1 aromatic carbocycles. The standard InChI is InChI=1S/C20H17F2N3O/c21-14-4-1-5-15(22)18(14)16-11-13-12-3-2-8-20(9-6-12,19(13)25-24-16)17-7-10-23-26-17/h1,4-5,7,10-12H,2-3,6,8-9H2/t12-,20+/m0/s1. The molecule has 6 rings (SSSR count). The molecule has 3 aromatic rings. The van der Waals surface area contributed by atoms with Crippen LogP contribution in [-0.2, 0) is 5.41 Å². The maximum Gasteiger partial charge on any atom is 0.148 e. The Kier molecular flexibility index (Phi) is 3.42. The zero-order valence-corrected chi connectivity index (χ0v) is 14.1. The van der Waals surface area contributed by atoms with Gasteiger partial charge in [0.1, 0.15) is 17.4 Å². The number of hydrogen-bond acceptors (Lipinski definition) is 4. The first-order chi connectivity index (χ1) is 12.7. The molecule has 1 fully saturated rings. The van der Waals surface area contributed by atoms with Crippen molar-refractivity contribution < 1.29 is 13.3 Å². The van der Waals surface area contributed by atoms with Crippen LogP contribution in [0.15, 0.2) is 41.1 Å². The molecule has 6 heteroatoms. The lowest BCUT2D eigenvalue weighted by Crippen LogP contribution is -2.32. The SMILES string of the molecule is Fc1cccc(F)c1-c1cc2c(nn1)[C@]1(c3ccno3)CCC[C@H]2CC1. The highest BCUT2D eigenvalue weighted by Crippen LogP contribution is 2.53. The Morgan fingerprint density at radius 3 is 2.65 bits per heavy atom. The fourth-order valence-corrected chi connectivity index (χ4v) is 4.67. The molecule has 3 aliphatic carbocycles. The van der Waals surface area contributed by atoms with E-state index in [0.717, 1.165) is 49.1 Å². The van der Waals surface area contributed by atoms with Crippen LogP contribution in [0.4, 0.5) is 8.78 Å². The largest absolute Gasteiger partial charge is 0.360 e. The second-order valence-corrected chi connectivity index (χ2v) is 7.22. The molecule has 2 bridgehead atoms. The molecule has 26 heavy (non-hydrogen) atoms. The molecule has 2 atom stereocenters. The van der Waals surface area contributed by atoms with Crippen molar-refractivity contribution in [3.8, 4) is 11.3 Å². The van der Waals surface area contributed by atoms with Crippen LogP contribution in [0.2, 0.25) is 0 Å². The lowest BCUT2D eigenvalue weighted by Gasteiger charge is -2.35. The van der Waals surface area contributed by atoms with E-state index in [9.17, 15) is 8.78 Å². The minimum absolute atomic E-state index is 0.114. The Balaban J connectivity index is 1.71. The van der Waals surface area contributed by atoms with Gasteiger partial charge in [0.25, 0.3) is 0 Å². The molecule has 2 heterocycles. The molecule has 0 unspecified atom stereocenters. The van der Waals surface area contributed by atoms with Crippen molar-refractivity contribution >= 4 is 0 Å². The summed E-state index contributed by atoms with van der Waals surface area (Å²) in [6, 6.07) is 7.55. The Hall–Kier alpha value is -2.63. The summed E-state index contributed by atoms with van der Waals surface area (Å²) in [6.07, 6.45) is 6.59. The summed E-state index contributed by atoms with van der Waals surface area (Å²) in [5.41, 5.74) is 1.72. The summed E-state index contributed by atoms with van der Waals surface area (Å²) in [7, 11) is 0. The van der Waals surface area contributed by atoms with Gasteiger partial charge in [0.2, 0.25) is 0 Å². The first kappa shape index (κ1) is 15.6. The van der Waals surface area contributed by atoms with E-state index < -0.39 is 11.6 Å². The average molecular weight is 353 g/mol. The molecular formula is C20H17F2N3O. The second kappa shape index (κ2) is 5.69. The highest BCUT2D eigenvalue weighted by molar-refractivity contribution is 5.62. The Morgan fingerprint density at radius 2 is 1.88 bits per heavy atom. The number of hydrogen-bond donors (Lipinski definition) is 0. The molecule has 4 nitrogen and oxygen atoms in total. The van der Waals surface area contributed by atoms with Gasteiger partial charge in [0.05, 0.1) is 28.6 Å². The van der Waals surface area contributed by atoms with Gasteiger partial charge in [0.15, 0.2) is 0 Å². The van der Waals surface area contributed by atoms with Gasteiger partial charge in [0, 0.05) is 6.07 Å². The lowest BCUT2D eigenvalue weighted by molar-refractivity contribution is 0.281. The van der Waals surface area contributed by atoms with Gasteiger partial charge in [-0.15, -0.1) is 5.10 Å². The van der Waals surface area contributed by atoms with E-state index in [0.29, 0.717) is 5.92 Å². The van der Waals surface area contributed by atoms with Crippen molar-refractivity contribution in [3.05, 3.63) is 65.2 Å². The fourth-order valence-electron chi connectivity index (χ4n) is 4.67. The van der Waals surface area contributed by atoms with Crippen molar-refractivity contribution in [2.75, 3.05) is 0 Å². The topological polar surface area (TPSA) is 51.8 Å². The number of benzene rings is 1. The van der Waals surface area contributed by atoms with E-state index in [1.807, 2.05) is 12.1 Å². The zero-order valence-electron chi connectivity index (χ0n) is 14.1. The van der Waals surface area contributed by atoms with Crippen molar-refractivity contribution in [3.63, 3.8) is 0 Å². The fraction of sp³-hybridized carbons (Fsp3) is 0.350. The number of halogens is 2. The molecular weight excluding hydrogens is 336 g/mol. The van der Waals surface area contributed by atoms with Gasteiger partial charge in [-0.3, -0.25) is 0 Å². The zero-order chi connectivity index (χ0) is 17.7. The molecule has 132 valence electrons. The average Bonchev–Trinajstić information content (AvgIpc) is 3.04. The second-order valence-electron chi connectivity index (χ2n) is 7.22. The van der Waals surface area contributed by atoms with E-state index in [1.54, 1.807) is 6.20 Å². The van der Waals surface area contributed by atoms with Gasteiger partial charge in [-0.1, -0.05) is 17.6 Å². The molecule has 0 spiro atoms. The normalized spacial score (nSPS) is 24.3. The molecule has 0 N–H and O–H groups in total. The van der Waals surface area contributed by atoms with Crippen LogP contribution in [0.5, 0.6) is 0 Å². The summed E-state index contributed by atoms with van der Waals surface area (Å²) in [5.74, 6) is -0.100. The van der Waals surface area contributed by atoms with Gasteiger partial charge in [-0.25, -0.2) is 8.78 Å². The van der Waals surface area contributed by atoms with Crippen LogP contribution in [0.3, 0.4) is 0 Å². The molecule has 2 aromatic heterocycles. The molecule has 0 aliphatic heterocycles.